The van der Waals surface area contributed by atoms with E-state index in [9.17, 15) is 26.3 Å². The van der Waals surface area contributed by atoms with Crippen molar-refractivity contribution in [1.82, 2.24) is 29.0 Å². The third kappa shape index (κ3) is 9.06. The minimum atomic E-state index is -5.08. The van der Waals surface area contributed by atoms with Crippen molar-refractivity contribution in [3.8, 4) is 17.0 Å². The fraction of sp³-hybridized carbons (Fsp3) is 0.346. The first-order valence-corrected chi connectivity index (χ1v) is 12.6. The van der Waals surface area contributed by atoms with Crippen LogP contribution in [-0.4, -0.2) is 96.8 Å². The highest BCUT2D eigenvalue weighted by Gasteiger charge is 2.38. The van der Waals surface area contributed by atoms with Gasteiger partial charge < -0.3 is 19.8 Å². The molecule has 3 aromatic heterocycles. The fourth-order valence-electron chi connectivity index (χ4n) is 4.05. The number of aliphatic carboxylic acids is 2. The molecular formula is C26H27F6N7O5. The zero-order chi connectivity index (χ0) is 32.7. The number of imidazole rings is 1. The minimum Gasteiger partial charge on any atom is -0.497 e. The summed E-state index contributed by atoms with van der Waals surface area (Å²) >= 11 is 0. The molecule has 1 aromatic carbocycles. The van der Waals surface area contributed by atoms with Gasteiger partial charge in [0, 0.05) is 69.5 Å². The summed E-state index contributed by atoms with van der Waals surface area (Å²) in [6, 6.07) is 8.05. The van der Waals surface area contributed by atoms with Crippen molar-refractivity contribution in [2.45, 2.75) is 18.9 Å². The van der Waals surface area contributed by atoms with Crippen molar-refractivity contribution in [2.24, 2.45) is 7.05 Å². The molecule has 0 bridgehead atoms. The highest BCUT2D eigenvalue weighted by Crippen LogP contribution is 2.28. The number of hydrogen-bond acceptors (Lipinski definition) is 8. The van der Waals surface area contributed by atoms with E-state index in [4.69, 9.17) is 29.5 Å². The highest BCUT2D eigenvalue weighted by molar-refractivity contribution is 5.73. The second-order valence-corrected chi connectivity index (χ2v) is 9.21. The van der Waals surface area contributed by atoms with Gasteiger partial charge in [-0.15, -0.1) is 0 Å². The Labute approximate surface area is 245 Å². The summed E-state index contributed by atoms with van der Waals surface area (Å²) in [4.78, 5) is 32.0. The Morgan fingerprint density at radius 3 is 2.09 bits per heavy atom. The number of carboxylic acid groups (broad SMARTS) is 2. The van der Waals surface area contributed by atoms with Gasteiger partial charge in [0.1, 0.15) is 5.75 Å². The third-order valence-corrected chi connectivity index (χ3v) is 6.10. The smallest absolute Gasteiger partial charge is 0.490 e. The molecule has 5 rings (SSSR count). The zero-order valence-electron chi connectivity index (χ0n) is 23.2. The number of carbonyl (C=O) groups is 2. The number of aromatic nitrogens is 5. The molecule has 0 radical (unpaired) electrons. The Bertz CT molecular complexity index is 1540. The molecule has 1 aliphatic heterocycles. The van der Waals surface area contributed by atoms with Gasteiger partial charge in [-0.2, -0.15) is 31.4 Å². The number of alkyl halides is 6. The molecule has 12 nitrogen and oxygen atoms in total. The SMILES string of the molecule is COc1cccc(-c2cnc3c(N4CCN(Cc5cnn(C)c5)CC4)nccn23)c1.O=C(O)C(F)(F)F.O=C(O)C(F)(F)F. The number of anilines is 1. The van der Waals surface area contributed by atoms with Gasteiger partial charge in [-0.05, 0) is 12.1 Å². The topological polar surface area (TPSA) is 138 Å². The Kier molecular flexibility index (Phi) is 10.8. The first kappa shape index (κ1) is 33.6. The molecule has 4 heterocycles. The van der Waals surface area contributed by atoms with Crippen LogP contribution >= 0.6 is 0 Å². The van der Waals surface area contributed by atoms with E-state index < -0.39 is 24.3 Å². The van der Waals surface area contributed by atoms with Crippen molar-refractivity contribution in [1.29, 1.82) is 0 Å². The summed E-state index contributed by atoms with van der Waals surface area (Å²) in [5, 5.41) is 18.5. The molecule has 0 saturated carbocycles. The van der Waals surface area contributed by atoms with E-state index in [1.807, 2.05) is 54.7 Å². The molecule has 18 heteroatoms. The number of methoxy groups -OCH3 is 1. The second-order valence-electron chi connectivity index (χ2n) is 9.21. The van der Waals surface area contributed by atoms with Crippen LogP contribution in [-0.2, 0) is 23.2 Å². The molecule has 2 N–H and O–H groups in total. The number of rotatable bonds is 5. The lowest BCUT2D eigenvalue weighted by molar-refractivity contribution is -0.193. The lowest BCUT2D eigenvalue weighted by Crippen LogP contribution is -2.46. The van der Waals surface area contributed by atoms with Crippen LogP contribution in [0.1, 0.15) is 5.56 Å². The minimum absolute atomic E-state index is 0.835. The monoisotopic (exact) mass is 631 g/mol. The number of carboxylic acids is 2. The summed E-state index contributed by atoms with van der Waals surface area (Å²) in [5.41, 5.74) is 4.24. The maximum absolute atomic E-state index is 10.6. The number of piperazine rings is 1. The molecule has 0 spiro atoms. The number of halogens is 6. The third-order valence-electron chi connectivity index (χ3n) is 6.10. The van der Waals surface area contributed by atoms with Crippen molar-refractivity contribution >= 4 is 23.4 Å². The van der Waals surface area contributed by atoms with Gasteiger partial charge in [-0.25, -0.2) is 19.6 Å². The molecule has 238 valence electrons. The Morgan fingerprint density at radius 1 is 0.955 bits per heavy atom. The van der Waals surface area contributed by atoms with Crippen LogP contribution in [0.15, 0.2) is 55.2 Å². The number of benzene rings is 1. The molecule has 1 fully saturated rings. The molecular weight excluding hydrogens is 604 g/mol. The van der Waals surface area contributed by atoms with E-state index in [0.717, 1.165) is 61.2 Å². The Hall–Kier alpha value is -4.87. The molecule has 4 aromatic rings. The zero-order valence-corrected chi connectivity index (χ0v) is 23.2. The summed E-state index contributed by atoms with van der Waals surface area (Å²) in [6.07, 6.45) is -0.401. The first-order valence-electron chi connectivity index (χ1n) is 12.6. The van der Waals surface area contributed by atoms with Crippen LogP contribution in [0.5, 0.6) is 5.75 Å². The number of aryl methyl sites for hydroxylation is 1. The van der Waals surface area contributed by atoms with E-state index in [1.54, 1.807) is 7.11 Å². The van der Waals surface area contributed by atoms with Gasteiger partial charge >= 0.3 is 24.3 Å². The van der Waals surface area contributed by atoms with Gasteiger partial charge in [0.25, 0.3) is 0 Å². The van der Waals surface area contributed by atoms with Crippen LogP contribution in [0.25, 0.3) is 16.9 Å². The fourth-order valence-corrected chi connectivity index (χ4v) is 4.05. The van der Waals surface area contributed by atoms with E-state index in [0.29, 0.717) is 0 Å². The Balaban J connectivity index is 0.000000317. The largest absolute Gasteiger partial charge is 0.497 e. The predicted octanol–water partition coefficient (Wildman–Crippen LogP) is 3.73. The van der Waals surface area contributed by atoms with E-state index in [2.05, 4.69) is 36.5 Å². The Morgan fingerprint density at radius 2 is 1.57 bits per heavy atom. The normalized spacial score (nSPS) is 13.9. The predicted molar refractivity (Wildman–Crippen MR) is 143 cm³/mol. The van der Waals surface area contributed by atoms with Crippen LogP contribution in [0.4, 0.5) is 32.2 Å². The summed E-state index contributed by atoms with van der Waals surface area (Å²) < 4.78 is 72.8. The molecule has 1 saturated heterocycles. The van der Waals surface area contributed by atoms with Gasteiger partial charge in [0.05, 0.1) is 25.2 Å². The van der Waals surface area contributed by atoms with Gasteiger partial charge in [0.2, 0.25) is 0 Å². The number of hydrogen-bond donors (Lipinski definition) is 2. The maximum Gasteiger partial charge on any atom is 0.490 e. The average Bonchev–Trinajstić information content (AvgIpc) is 3.59. The van der Waals surface area contributed by atoms with E-state index in [1.165, 1.54) is 5.56 Å². The van der Waals surface area contributed by atoms with Crippen LogP contribution in [0.3, 0.4) is 0 Å². The second kappa shape index (κ2) is 14.1. The first-order chi connectivity index (χ1) is 20.6. The van der Waals surface area contributed by atoms with Crippen molar-refractivity contribution in [2.75, 3.05) is 38.2 Å². The average molecular weight is 632 g/mol. The van der Waals surface area contributed by atoms with Crippen LogP contribution in [0, 0.1) is 0 Å². The molecule has 0 atom stereocenters. The van der Waals surface area contributed by atoms with Gasteiger partial charge in [0.15, 0.2) is 11.5 Å². The summed E-state index contributed by atoms with van der Waals surface area (Å²) in [7, 11) is 3.64. The maximum atomic E-state index is 10.6. The van der Waals surface area contributed by atoms with Crippen molar-refractivity contribution < 1.29 is 50.9 Å². The van der Waals surface area contributed by atoms with Crippen molar-refractivity contribution in [3.05, 3.63) is 60.8 Å². The van der Waals surface area contributed by atoms with Crippen LogP contribution in [0.2, 0.25) is 0 Å². The lowest BCUT2D eigenvalue weighted by Gasteiger charge is -2.35. The number of ether oxygens (including phenoxy) is 1. The molecule has 1 aliphatic rings. The van der Waals surface area contributed by atoms with E-state index in [-0.39, 0.29) is 0 Å². The highest BCUT2D eigenvalue weighted by atomic mass is 19.4. The van der Waals surface area contributed by atoms with E-state index >= 15 is 0 Å². The van der Waals surface area contributed by atoms with Gasteiger partial charge in [-0.3, -0.25) is 14.0 Å². The molecule has 0 amide bonds. The molecule has 44 heavy (non-hydrogen) atoms. The number of nitrogens with zero attached hydrogens (tertiary/aromatic N) is 7. The van der Waals surface area contributed by atoms with Gasteiger partial charge in [-0.1, -0.05) is 12.1 Å². The van der Waals surface area contributed by atoms with Crippen molar-refractivity contribution in [3.63, 3.8) is 0 Å². The molecule has 0 unspecified atom stereocenters. The standard InChI is InChI=1S/C22H25N7O.2C2HF3O2/c1-26-15-17(13-25-26)16-27-8-10-28(11-9-27)21-22-24-14-20(29(22)7-6-23-21)18-4-3-5-19(12-18)30-2;2*3-2(4,5)1(6)7/h3-7,12-15H,8-11,16H2,1-2H3;2*(H,6,7). The molecule has 0 aliphatic carbocycles. The lowest BCUT2D eigenvalue weighted by atomic mass is 10.1. The number of fused-ring (bicyclic) bond motifs is 1. The summed E-state index contributed by atoms with van der Waals surface area (Å²) in [5.74, 6) is -3.74. The van der Waals surface area contributed by atoms with Crippen LogP contribution < -0.4 is 9.64 Å². The quantitative estimate of drug-likeness (QED) is 0.314. The summed E-state index contributed by atoms with van der Waals surface area (Å²) in [6.45, 7) is 4.76.